The number of benzene rings is 2. The van der Waals surface area contributed by atoms with Crippen LogP contribution in [0.25, 0.3) is 28.0 Å². The Morgan fingerprint density at radius 1 is 1.07 bits per heavy atom. The highest BCUT2D eigenvalue weighted by molar-refractivity contribution is 5.96. The molecule has 0 unspecified atom stereocenters. The van der Waals surface area contributed by atoms with Gasteiger partial charge < -0.3 is 14.0 Å². The first-order valence-corrected chi connectivity index (χ1v) is 9.43. The minimum Gasteiger partial charge on any atom is -0.486 e. The van der Waals surface area contributed by atoms with Crippen molar-refractivity contribution in [1.82, 2.24) is 14.5 Å². The van der Waals surface area contributed by atoms with Crippen LogP contribution in [-0.4, -0.2) is 33.5 Å². The zero-order chi connectivity index (χ0) is 20.7. The summed E-state index contributed by atoms with van der Waals surface area (Å²) in [5.74, 6) is 1.36. The number of rotatable bonds is 3. The van der Waals surface area contributed by atoms with E-state index in [-0.39, 0.29) is 5.78 Å². The first-order valence-electron chi connectivity index (χ1n) is 9.43. The second-order valence-corrected chi connectivity index (χ2v) is 6.91. The molecule has 5 rings (SSSR count). The lowest BCUT2D eigenvalue weighted by Gasteiger charge is -2.19. The maximum Gasteiger partial charge on any atom is 0.162 e. The molecule has 30 heavy (non-hydrogen) atoms. The van der Waals surface area contributed by atoms with Gasteiger partial charge in [0.15, 0.2) is 17.3 Å². The second-order valence-electron chi connectivity index (χ2n) is 6.91. The molecular weight excluding hydrogens is 380 g/mol. The highest BCUT2D eigenvalue weighted by Gasteiger charge is 2.19. The van der Waals surface area contributed by atoms with Crippen LogP contribution in [0.5, 0.6) is 11.5 Å². The molecule has 2 aromatic carbocycles. The van der Waals surface area contributed by atoms with Crippen molar-refractivity contribution in [3.05, 3.63) is 66.1 Å². The van der Waals surface area contributed by atoms with Gasteiger partial charge in [-0.1, -0.05) is 0 Å². The van der Waals surface area contributed by atoms with Crippen molar-refractivity contribution in [2.45, 2.75) is 6.92 Å². The molecular formula is C23H16N4O3. The Morgan fingerprint density at radius 2 is 1.83 bits per heavy atom. The highest BCUT2D eigenvalue weighted by Crippen LogP contribution is 2.37. The van der Waals surface area contributed by atoms with Crippen molar-refractivity contribution >= 4 is 16.8 Å². The number of fused-ring (bicyclic) bond motifs is 2. The minimum absolute atomic E-state index is 0.00284. The molecule has 4 aromatic rings. The fourth-order valence-electron chi connectivity index (χ4n) is 3.60. The third kappa shape index (κ3) is 2.86. The molecule has 0 saturated heterocycles. The maximum atomic E-state index is 11.6. The molecule has 3 heterocycles. The van der Waals surface area contributed by atoms with E-state index in [1.165, 1.54) is 13.3 Å². The maximum absolute atomic E-state index is 11.6. The van der Waals surface area contributed by atoms with Crippen LogP contribution in [0, 0.1) is 11.3 Å². The number of hydrogen-bond acceptors (Lipinski definition) is 6. The summed E-state index contributed by atoms with van der Waals surface area (Å²) in [7, 11) is 0. The fourth-order valence-corrected chi connectivity index (χ4v) is 3.60. The number of Topliss-reactive ketones (excluding diaryl/α,β-unsaturated/α-hetero) is 1. The monoisotopic (exact) mass is 396 g/mol. The van der Waals surface area contributed by atoms with Gasteiger partial charge in [0.2, 0.25) is 0 Å². The van der Waals surface area contributed by atoms with Crippen LogP contribution in [0.3, 0.4) is 0 Å². The van der Waals surface area contributed by atoms with E-state index in [1.54, 1.807) is 18.3 Å². The zero-order valence-electron chi connectivity index (χ0n) is 16.1. The number of carbonyl (C=O) groups is 1. The topological polar surface area (TPSA) is 90.0 Å². The van der Waals surface area contributed by atoms with Crippen LogP contribution in [0.2, 0.25) is 0 Å². The van der Waals surface area contributed by atoms with Crippen molar-refractivity contribution in [3.63, 3.8) is 0 Å². The molecule has 0 spiro atoms. The average molecular weight is 396 g/mol. The summed E-state index contributed by atoms with van der Waals surface area (Å²) in [6.45, 7) is 2.55. The predicted molar refractivity (Wildman–Crippen MR) is 110 cm³/mol. The van der Waals surface area contributed by atoms with Gasteiger partial charge in [0, 0.05) is 23.0 Å². The van der Waals surface area contributed by atoms with E-state index in [1.807, 2.05) is 34.9 Å². The Kier molecular flexibility index (Phi) is 4.18. The number of ether oxygens (including phenoxy) is 2. The number of nitriles is 1. The van der Waals surface area contributed by atoms with Gasteiger partial charge in [-0.2, -0.15) is 5.26 Å². The Bertz CT molecular complexity index is 1330. The number of nitrogens with zero attached hydrogens (tertiary/aromatic N) is 4. The Balaban J connectivity index is 1.73. The summed E-state index contributed by atoms with van der Waals surface area (Å²) in [6.07, 6.45) is 3.20. The average Bonchev–Trinajstić information content (AvgIpc) is 3.18. The van der Waals surface area contributed by atoms with Gasteiger partial charge in [0.05, 0.1) is 16.8 Å². The smallest absolute Gasteiger partial charge is 0.162 e. The van der Waals surface area contributed by atoms with Gasteiger partial charge in [-0.3, -0.25) is 4.79 Å². The summed E-state index contributed by atoms with van der Waals surface area (Å²) < 4.78 is 13.2. The molecule has 1 aliphatic rings. The molecule has 0 N–H and O–H groups in total. The first-order chi connectivity index (χ1) is 14.7. The molecule has 0 saturated carbocycles. The summed E-state index contributed by atoms with van der Waals surface area (Å²) >= 11 is 0. The van der Waals surface area contributed by atoms with E-state index in [0.717, 1.165) is 11.3 Å². The van der Waals surface area contributed by atoms with Gasteiger partial charge >= 0.3 is 0 Å². The van der Waals surface area contributed by atoms with Crippen molar-refractivity contribution in [1.29, 1.82) is 5.26 Å². The molecule has 0 radical (unpaired) electrons. The predicted octanol–water partition coefficient (Wildman–Crippen LogP) is 3.93. The standard InChI is InChI=1S/C23H16N4O3/c1-14(28)15-2-5-18(6-3-15)27-12-17(11-24)22-23(27)21(25-13-26-22)16-4-7-19-20(10-16)30-9-8-29-19/h2-7,10,12-13H,8-9H2,1H3. The van der Waals surface area contributed by atoms with Gasteiger partial charge in [-0.15, -0.1) is 0 Å². The van der Waals surface area contributed by atoms with Gasteiger partial charge in [-0.25, -0.2) is 9.97 Å². The quantitative estimate of drug-likeness (QED) is 0.487. The Labute approximate surface area is 172 Å². The normalized spacial score (nSPS) is 12.5. The number of carbonyl (C=O) groups excluding carboxylic acids is 1. The van der Waals surface area contributed by atoms with E-state index >= 15 is 0 Å². The lowest BCUT2D eigenvalue weighted by molar-refractivity contribution is 0.101. The van der Waals surface area contributed by atoms with Crippen LogP contribution in [0.15, 0.2) is 55.0 Å². The van der Waals surface area contributed by atoms with Crippen molar-refractivity contribution in [2.24, 2.45) is 0 Å². The van der Waals surface area contributed by atoms with Crippen LogP contribution in [0.1, 0.15) is 22.8 Å². The van der Waals surface area contributed by atoms with Gasteiger partial charge in [-0.05, 0) is 49.4 Å². The highest BCUT2D eigenvalue weighted by atomic mass is 16.6. The minimum atomic E-state index is -0.00284. The summed E-state index contributed by atoms with van der Waals surface area (Å²) in [5, 5.41) is 9.63. The molecule has 7 nitrogen and oxygen atoms in total. The van der Waals surface area contributed by atoms with Crippen molar-refractivity contribution in [3.8, 4) is 34.5 Å². The largest absolute Gasteiger partial charge is 0.486 e. The zero-order valence-corrected chi connectivity index (χ0v) is 16.1. The van der Waals surface area contributed by atoms with Crippen molar-refractivity contribution in [2.75, 3.05) is 13.2 Å². The van der Waals surface area contributed by atoms with E-state index in [4.69, 9.17) is 9.47 Å². The Morgan fingerprint density at radius 3 is 2.57 bits per heavy atom. The molecule has 1 aliphatic heterocycles. The van der Waals surface area contributed by atoms with Crippen molar-refractivity contribution < 1.29 is 14.3 Å². The molecule has 0 aliphatic carbocycles. The van der Waals surface area contributed by atoms with Crippen LogP contribution >= 0.6 is 0 Å². The number of aromatic nitrogens is 3. The van der Waals surface area contributed by atoms with Gasteiger partial charge in [0.25, 0.3) is 0 Å². The van der Waals surface area contributed by atoms with Crippen LogP contribution < -0.4 is 9.47 Å². The molecule has 0 fully saturated rings. The Hall–Kier alpha value is -4.18. The van der Waals surface area contributed by atoms with E-state index in [2.05, 4.69) is 16.0 Å². The molecule has 0 amide bonds. The van der Waals surface area contributed by atoms with E-state index in [9.17, 15) is 10.1 Å². The molecule has 146 valence electrons. The first kappa shape index (κ1) is 17.9. The number of ketones is 1. The molecule has 0 atom stereocenters. The van der Waals surface area contributed by atoms with E-state index < -0.39 is 0 Å². The third-order valence-electron chi connectivity index (χ3n) is 5.06. The number of hydrogen-bond donors (Lipinski definition) is 0. The van der Waals surface area contributed by atoms with Gasteiger partial charge in [0.1, 0.15) is 31.1 Å². The molecule has 2 aromatic heterocycles. The third-order valence-corrected chi connectivity index (χ3v) is 5.06. The van der Waals surface area contributed by atoms with Crippen LogP contribution in [0.4, 0.5) is 0 Å². The summed E-state index contributed by atoms with van der Waals surface area (Å²) in [4.78, 5) is 20.5. The molecule has 0 bridgehead atoms. The fraction of sp³-hybridized carbons (Fsp3) is 0.130. The summed E-state index contributed by atoms with van der Waals surface area (Å²) in [6, 6.07) is 15.1. The SMILES string of the molecule is CC(=O)c1ccc(-n2cc(C#N)c3ncnc(-c4ccc5c(c4)OCCO5)c32)cc1. The molecule has 7 heteroatoms. The lowest BCUT2D eigenvalue weighted by atomic mass is 10.1. The summed E-state index contributed by atoms with van der Waals surface area (Å²) in [5.41, 5.74) is 4.65. The lowest BCUT2D eigenvalue weighted by Crippen LogP contribution is -2.15. The second kappa shape index (κ2) is 7.01. The van der Waals surface area contributed by atoms with E-state index in [0.29, 0.717) is 52.6 Å². The van der Waals surface area contributed by atoms with Crippen LogP contribution in [-0.2, 0) is 0 Å².